The number of rotatable bonds is 2. The Kier molecular flexibility index (Phi) is 2.68. The largest absolute Gasteiger partial charge is 0.399 e. The number of nitrogens with two attached hydrogens (primary N) is 1. The van der Waals surface area contributed by atoms with Gasteiger partial charge in [-0.3, -0.25) is 0 Å². The maximum absolute atomic E-state index is 12.7. The Morgan fingerprint density at radius 3 is 2.33 bits per heavy atom. The van der Waals surface area contributed by atoms with Gasteiger partial charge in [-0.1, -0.05) is 24.3 Å². The first-order valence-electron chi connectivity index (χ1n) is 4.83. The number of halogens is 1. The molecule has 0 unspecified atom stereocenters. The first-order chi connectivity index (χ1) is 7.24. The van der Waals surface area contributed by atoms with Crippen molar-refractivity contribution in [3.05, 3.63) is 65.5 Å². The van der Waals surface area contributed by atoms with Crippen LogP contribution in [0.3, 0.4) is 0 Å². The van der Waals surface area contributed by atoms with Crippen molar-refractivity contribution in [2.75, 3.05) is 5.73 Å². The molecule has 2 N–H and O–H groups in total. The third-order valence-electron chi connectivity index (χ3n) is 2.27. The molecular weight excluding hydrogens is 189 g/mol. The lowest BCUT2D eigenvalue weighted by Gasteiger charge is -2.02. The van der Waals surface area contributed by atoms with Crippen LogP contribution in [0.1, 0.15) is 11.1 Å². The molecule has 76 valence electrons. The van der Waals surface area contributed by atoms with Crippen molar-refractivity contribution < 1.29 is 4.39 Å². The highest BCUT2D eigenvalue weighted by atomic mass is 19.1. The molecule has 2 rings (SSSR count). The molecule has 0 spiro atoms. The Balaban J connectivity index is 2.18. The van der Waals surface area contributed by atoms with Crippen LogP contribution >= 0.6 is 0 Å². The highest BCUT2D eigenvalue weighted by Gasteiger charge is 1.97. The van der Waals surface area contributed by atoms with E-state index in [2.05, 4.69) is 0 Å². The van der Waals surface area contributed by atoms with Crippen LogP contribution in [0, 0.1) is 5.82 Å². The van der Waals surface area contributed by atoms with Gasteiger partial charge in [-0.2, -0.15) is 0 Å². The van der Waals surface area contributed by atoms with Crippen LogP contribution < -0.4 is 5.73 Å². The molecule has 0 bridgehead atoms. The van der Waals surface area contributed by atoms with Gasteiger partial charge in [0.25, 0.3) is 0 Å². The van der Waals surface area contributed by atoms with Gasteiger partial charge >= 0.3 is 0 Å². The fourth-order valence-corrected chi connectivity index (χ4v) is 1.54. The standard InChI is InChI=1S/C13H12FN/c14-12-6-4-10(5-7-12)8-11-2-1-3-13(15)9-11/h1-7,9H,8,15H2. The number of hydrogen-bond donors (Lipinski definition) is 1. The molecule has 0 heterocycles. The third-order valence-corrected chi connectivity index (χ3v) is 2.27. The fourth-order valence-electron chi connectivity index (χ4n) is 1.54. The van der Waals surface area contributed by atoms with Crippen molar-refractivity contribution in [2.24, 2.45) is 0 Å². The monoisotopic (exact) mass is 201 g/mol. The zero-order valence-corrected chi connectivity index (χ0v) is 8.28. The Morgan fingerprint density at radius 1 is 0.933 bits per heavy atom. The van der Waals surface area contributed by atoms with Gasteiger partial charge in [0, 0.05) is 5.69 Å². The van der Waals surface area contributed by atoms with E-state index in [-0.39, 0.29) is 5.82 Å². The average molecular weight is 201 g/mol. The molecular formula is C13H12FN. The summed E-state index contributed by atoms with van der Waals surface area (Å²) in [6.45, 7) is 0. The molecule has 1 nitrogen and oxygen atoms in total. The summed E-state index contributed by atoms with van der Waals surface area (Å²) in [5, 5.41) is 0. The quantitative estimate of drug-likeness (QED) is 0.742. The molecule has 0 fully saturated rings. The zero-order valence-electron chi connectivity index (χ0n) is 8.28. The van der Waals surface area contributed by atoms with E-state index in [0.717, 1.165) is 23.2 Å². The lowest BCUT2D eigenvalue weighted by molar-refractivity contribution is 0.627. The lowest BCUT2D eigenvalue weighted by atomic mass is 10.0. The van der Waals surface area contributed by atoms with E-state index < -0.39 is 0 Å². The van der Waals surface area contributed by atoms with E-state index in [0.29, 0.717) is 0 Å². The van der Waals surface area contributed by atoms with Gasteiger partial charge < -0.3 is 5.73 Å². The van der Waals surface area contributed by atoms with Crippen molar-refractivity contribution in [2.45, 2.75) is 6.42 Å². The van der Waals surface area contributed by atoms with E-state index in [1.807, 2.05) is 24.3 Å². The molecule has 0 saturated carbocycles. The van der Waals surface area contributed by atoms with Crippen molar-refractivity contribution >= 4 is 5.69 Å². The first kappa shape index (κ1) is 9.71. The highest BCUT2D eigenvalue weighted by Crippen LogP contribution is 2.12. The van der Waals surface area contributed by atoms with E-state index in [4.69, 9.17) is 5.73 Å². The first-order valence-corrected chi connectivity index (χ1v) is 4.83. The Morgan fingerprint density at radius 2 is 1.67 bits per heavy atom. The van der Waals surface area contributed by atoms with Crippen LogP contribution in [0.5, 0.6) is 0 Å². The van der Waals surface area contributed by atoms with Crippen LogP contribution in [0.2, 0.25) is 0 Å². The fraction of sp³-hybridized carbons (Fsp3) is 0.0769. The van der Waals surface area contributed by atoms with E-state index >= 15 is 0 Å². The number of hydrogen-bond acceptors (Lipinski definition) is 1. The third kappa shape index (κ3) is 2.56. The van der Waals surface area contributed by atoms with Crippen molar-refractivity contribution in [1.82, 2.24) is 0 Å². The van der Waals surface area contributed by atoms with Gasteiger partial charge in [0.1, 0.15) is 5.82 Å². The van der Waals surface area contributed by atoms with Crippen molar-refractivity contribution in [1.29, 1.82) is 0 Å². The number of nitrogen functional groups attached to an aromatic ring is 1. The molecule has 2 aromatic rings. The molecule has 0 aliphatic rings. The SMILES string of the molecule is Nc1cccc(Cc2ccc(F)cc2)c1. The predicted molar refractivity (Wildman–Crippen MR) is 60.1 cm³/mol. The molecule has 0 radical (unpaired) electrons. The topological polar surface area (TPSA) is 26.0 Å². The summed E-state index contributed by atoms with van der Waals surface area (Å²) >= 11 is 0. The van der Waals surface area contributed by atoms with Crippen LogP contribution in [0.25, 0.3) is 0 Å². The summed E-state index contributed by atoms with van der Waals surface area (Å²) in [5.74, 6) is -0.202. The minimum absolute atomic E-state index is 0.202. The molecule has 0 amide bonds. The zero-order chi connectivity index (χ0) is 10.7. The number of anilines is 1. The second kappa shape index (κ2) is 4.13. The lowest BCUT2D eigenvalue weighted by Crippen LogP contribution is -1.91. The Bertz CT molecular complexity index is 448. The Hall–Kier alpha value is -1.83. The smallest absolute Gasteiger partial charge is 0.123 e. The van der Waals surface area contributed by atoms with Crippen molar-refractivity contribution in [3.8, 4) is 0 Å². The molecule has 0 aromatic heterocycles. The van der Waals surface area contributed by atoms with Gasteiger partial charge in [0.2, 0.25) is 0 Å². The van der Waals surface area contributed by atoms with E-state index in [9.17, 15) is 4.39 Å². The Labute approximate surface area is 88.4 Å². The summed E-state index contributed by atoms with van der Waals surface area (Å²) in [6, 6.07) is 14.3. The maximum atomic E-state index is 12.7. The minimum Gasteiger partial charge on any atom is -0.399 e. The normalized spacial score (nSPS) is 10.2. The highest BCUT2D eigenvalue weighted by molar-refractivity contribution is 5.42. The molecule has 0 aliphatic carbocycles. The molecule has 2 heteroatoms. The molecule has 0 saturated heterocycles. The summed E-state index contributed by atoms with van der Waals surface area (Å²) in [5.41, 5.74) is 8.66. The van der Waals surface area contributed by atoms with Crippen LogP contribution in [0.4, 0.5) is 10.1 Å². The number of benzene rings is 2. The van der Waals surface area contributed by atoms with Gasteiger partial charge in [0.15, 0.2) is 0 Å². The van der Waals surface area contributed by atoms with Crippen LogP contribution in [-0.2, 0) is 6.42 Å². The molecule has 0 aliphatic heterocycles. The molecule has 15 heavy (non-hydrogen) atoms. The van der Waals surface area contributed by atoms with E-state index in [1.165, 1.54) is 12.1 Å². The summed E-state index contributed by atoms with van der Waals surface area (Å²) < 4.78 is 12.7. The second-order valence-corrected chi connectivity index (χ2v) is 3.55. The minimum atomic E-state index is -0.202. The summed E-state index contributed by atoms with van der Waals surface area (Å²) in [6.07, 6.45) is 0.783. The predicted octanol–water partition coefficient (Wildman–Crippen LogP) is 3.00. The van der Waals surface area contributed by atoms with Gasteiger partial charge in [-0.25, -0.2) is 4.39 Å². The van der Waals surface area contributed by atoms with Gasteiger partial charge in [0.05, 0.1) is 0 Å². The van der Waals surface area contributed by atoms with Crippen LogP contribution in [0.15, 0.2) is 48.5 Å². The molecule has 2 aromatic carbocycles. The maximum Gasteiger partial charge on any atom is 0.123 e. The summed E-state index contributed by atoms with van der Waals surface area (Å²) in [4.78, 5) is 0. The van der Waals surface area contributed by atoms with Crippen molar-refractivity contribution in [3.63, 3.8) is 0 Å². The second-order valence-electron chi connectivity index (χ2n) is 3.55. The van der Waals surface area contributed by atoms with Gasteiger partial charge in [-0.15, -0.1) is 0 Å². The van der Waals surface area contributed by atoms with Crippen LogP contribution in [-0.4, -0.2) is 0 Å². The van der Waals surface area contributed by atoms with E-state index in [1.54, 1.807) is 12.1 Å². The van der Waals surface area contributed by atoms with Gasteiger partial charge in [-0.05, 0) is 41.8 Å². The summed E-state index contributed by atoms with van der Waals surface area (Å²) in [7, 11) is 0. The molecule has 0 atom stereocenters. The average Bonchev–Trinajstić information content (AvgIpc) is 2.22.